The Morgan fingerprint density at radius 1 is 1.17 bits per heavy atom. The molecule has 0 unspecified atom stereocenters. The minimum Gasteiger partial charge on any atom is -0.493 e. The molecule has 1 aromatic carbocycles. The Balaban J connectivity index is 2.48. The van der Waals surface area contributed by atoms with Crippen molar-refractivity contribution in [1.29, 1.82) is 0 Å². The molecule has 0 aliphatic carbocycles. The SMILES string of the molecule is COc1ccc(F)cc1Oc1nnc(C(F)(F)F)cc1C(=O)O. The molecule has 0 radical (unpaired) electrons. The number of benzene rings is 1. The van der Waals surface area contributed by atoms with Crippen molar-refractivity contribution in [2.45, 2.75) is 6.18 Å². The average molecular weight is 332 g/mol. The van der Waals surface area contributed by atoms with Crippen molar-refractivity contribution in [2.75, 3.05) is 7.11 Å². The predicted octanol–water partition coefficient (Wildman–Crippen LogP) is 3.13. The maximum Gasteiger partial charge on any atom is 0.435 e. The summed E-state index contributed by atoms with van der Waals surface area (Å²) >= 11 is 0. The third-order valence-corrected chi connectivity index (χ3v) is 2.61. The first kappa shape index (κ1) is 16.5. The fourth-order valence-electron chi connectivity index (χ4n) is 1.58. The summed E-state index contributed by atoms with van der Waals surface area (Å²) in [5, 5.41) is 15.0. The normalized spacial score (nSPS) is 11.2. The van der Waals surface area contributed by atoms with Crippen molar-refractivity contribution in [3.05, 3.63) is 41.3 Å². The van der Waals surface area contributed by atoms with Crippen molar-refractivity contribution in [1.82, 2.24) is 10.2 Å². The van der Waals surface area contributed by atoms with Crippen LogP contribution >= 0.6 is 0 Å². The van der Waals surface area contributed by atoms with E-state index in [9.17, 15) is 22.4 Å². The van der Waals surface area contributed by atoms with Crippen molar-refractivity contribution in [3.8, 4) is 17.4 Å². The number of carbonyl (C=O) groups is 1. The minimum absolute atomic E-state index is 0.0319. The van der Waals surface area contributed by atoms with Gasteiger partial charge in [-0.1, -0.05) is 0 Å². The monoisotopic (exact) mass is 332 g/mol. The van der Waals surface area contributed by atoms with Gasteiger partial charge in [0.05, 0.1) is 7.11 Å². The first-order valence-corrected chi connectivity index (χ1v) is 5.92. The molecule has 0 amide bonds. The average Bonchev–Trinajstić information content (AvgIpc) is 2.46. The van der Waals surface area contributed by atoms with E-state index >= 15 is 0 Å². The Labute approximate surface area is 126 Å². The Hall–Kier alpha value is -2.91. The minimum atomic E-state index is -4.87. The van der Waals surface area contributed by atoms with Crippen molar-refractivity contribution >= 4 is 5.97 Å². The fourth-order valence-corrected chi connectivity index (χ4v) is 1.58. The highest BCUT2D eigenvalue weighted by atomic mass is 19.4. The molecule has 0 aliphatic heterocycles. The number of rotatable bonds is 4. The molecule has 2 rings (SSSR count). The molecule has 0 atom stereocenters. The smallest absolute Gasteiger partial charge is 0.435 e. The lowest BCUT2D eigenvalue weighted by molar-refractivity contribution is -0.141. The summed E-state index contributed by atoms with van der Waals surface area (Å²) in [6, 6.07) is 3.39. The Bertz CT molecular complexity index is 749. The number of hydrogen-bond acceptors (Lipinski definition) is 5. The molecule has 0 saturated heterocycles. The maximum absolute atomic E-state index is 13.2. The zero-order chi connectivity index (χ0) is 17.2. The number of hydrogen-bond donors (Lipinski definition) is 1. The standard InChI is InChI=1S/C13H8F4N2O4/c1-22-8-3-2-6(14)4-9(8)23-11-7(12(20)21)5-10(18-19-11)13(15,16)17/h2-5H,1H3,(H,20,21). The largest absolute Gasteiger partial charge is 0.493 e. The van der Waals surface area contributed by atoms with Crippen LogP contribution in [0.3, 0.4) is 0 Å². The van der Waals surface area contributed by atoms with Gasteiger partial charge in [0, 0.05) is 6.07 Å². The van der Waals surface area contributed by atoms with Crippen LogP contribution in [0.1, 0.15) is 16.1 Å². The molecule has 0 fully saturated rings. The quantitative estimate of drug-likeness (QED) is 0.866. The van der Waals surface area contributed by atoms with Crippen molar-refractivity contribution in [3.63, 3.8) is 0 Å². The number of aromatic carboxylic acids is 1. The van der Waals surface area contributed by atoms with Gasteiger partial charge in [-0.2, -0.15) is 13.2 Å². The van der Waals surface area contributed by atoms with Crippen LogP contribution in [-0.4, -0.2) is 28.4 Å². The number of carboxylic acids is 1. The first-order valence-electron chi connectivity index (χ1n) is 5.92. The highest BCUT2D eigenvalue weighted by molar-refractivity contribution is 5.90. The summed E-state index contributed by atoms with van der Waals surface area (Å²) in [4.78, 5) is 11.1. The highest BCUT2D eigenvalue weighted by Gasteiger charge is 2.35. The number of alkyl halides is 3. The van der Waals surface area contributed by atoms with Gasteiger partial charge in [-0.25, -0.2) is 9.18 Å². The molecule has 1 aromatic heterocycles. The molecular weight excluding hydrogens is 324 g/mol. The third kappa shape index (κ3) is 3.65. The molecule has 0 spiro atoms. The number of ether oxygens (including phenoxy) is 2. The van der Waals surface area contributed by atoms with Crippen LogP contribution in [0.2, 0.25) is 0 Å². The van der Waals surface area contributed by atoms with Crippen LogP contribution in [0.4, 0.5) is 17.6 Å². The van der Waals surface area contributed by atoms with Crippen LogP contribution in [0, 0.1) is 5.82 Å². The van der Waals surface area contributed by atoms with Gasteiger partial charge in [-0.05, 0) is 18.2 Å². The molecule has 122 valence electrons. The summed E-state index contributed by atoms with van der Waals surface area (Å²) in [5.41, 5.74) is -2.37. The Morgan fingerprint density at radius 2 is 1.87 bits per heavy atom. The van der Waals surface area contributed by atoms with E-state index < -0.39 is 35.1 Å². The summed E-state index contributed by atoms with van der Waals surface area (Å²) in [6.45, 7) is 0. The number of aromatic nitrogens is 2. The Kier molecular flexibility index (Phi) is 4.34. The third-order valence-electron chi connectivity index (χ3n) is 2.61. The molecule has 23 heavy (non-hydrogen) atoms. The van der Waals surface area contributed by atoms with Crippen LogP contribution in [0.15, 0.2) is 24.3 Å². The summed E-state index contributed by atoms with van der Waals surface area (Å²) in [7, 11) is 1.25. The zero-order valence-electron chi connectivity index (χ0n) is 11.4. The number of carboxylic acid groups (broad SMARTS) is 1. The molecule has 0 aliphatic rings. The van der Waals surface area contributed by atoms with Crippen LogP contribution in [0.25, 0.3) is 0 Å². The van der Waals surface area contributed by atoms with Gasteiger partial charge in [-0.15, -0.1) is 10.2 Å². The van der Waals surface area contributed by atoms with Crippen molar-refractivity contribution < 1.29 is 36.9 Å². The molecular formula is C13H8F4N2O4. The second-order valence-electron chi connectivity index (χ2n) is 4.15. The second kappa shape index (κ2) is 6.07. The van der Waals surface area contributed by atoms with Crippen molar-refractivity contribution in [2.24, 2.45) is 0 Å². The lowest BCUT2D eigenvalue weighted by Gasteiger charge is -2.12. The van der Waals surface area contributed by atoms with E-state index in [4.69, 9.17) is 14.6 Å². The zero-order valence-corrected chi connectivity index (χ0v) is 11.4. The van der Waals surface area contributed by atoms with E-state index in [0.717, 1.165) is 12.1 Å². The van der Waals surface area contributed by atoms with Gasteiger partial charge in [0.15, 0.2) is 17.2 Å². The van der Waals surface area contributed by atoms with E-state index in [1.54, 1.807) is 0 Å². The molecule has 1 heterocycles. The van der Waals surface area contributed by atoms with E-state index in [1.807, 2.05) is 0 Å². The molecule has 0 bridgehead atoms. The molecule has 0 saturated carbocycles. The summed E-state index contributed by atoms with van der Waals surface area (Å²) in [5.74, 6) is -3.39. The molecule has 10 heteroatoms. The molecule has 2 aromatic rings. The van der Waals surface area contributed by atoms with Gasteiger partial charge >= 0.3 is 12.1 Å². The predicted molar refractivity (Wildman–Crippen MR) is 67.0 cm³/mol. The van der Waals surface area contributed by atoms with E-state index in [2.05, 4.69) is 10.2 Å². The highest BCUT2D eigenvalue weighted by Crippen LogP contribution is 2.34. The lowest BCUT2D eigenvalue weighted by atomic mass is 10.2. The second-order valence-corrected chi connectivity index (χ2v) is 4.15. The van der Waals surface area contributed by atoms with Gasteiger partial charge in [0.25, 0.3) is 5.88 Å². The van der Waals surface area contributed by atoms with Crippen LogP contribution in [0.5, 0.6) is 17.4 Å². The van der Waals surface area contributed by atoms with E-state index in [-0.39, 0.29) is 17.6 Å². The first-order chi connectivity index (χ1) is 10.7. The number of halogens is 4. The van der Waals surface area contributed by atoms with Gasteiger partial charge in [0.2, 0.25) is 0 Å². The van der Waals surface area contributed by atoms with Gasteiger partial charge < -0.3 is 14.6 Å². The number of nitrogens with zero attached hydrogens (tertiary/aromatic N) is 2. The summed E-state index contributed by atoms with van der Waals surface area (Å²) < 4.78 is 60.8. The van der Waals surface area contributed by atoms with Crippen LogP contribution in [-0.2, 0) is 6.18 Å². The lowest BCUT2D eigenvalue weighted by Crippen LogP contribution is -2.13. The molecule has 1 N–H and O–H groups in total. The maximum atomic E-state index is 13.2. The summed E-state index contributed by atoms with van der Waals surface area (Å²) in [6.07, 6.45) is -4.87. The van der Waals surface area contributed by atoms with Crippen LogP contribution < -0.4 is 9.47 Å². The van der Waals surface area contributed by atoms with Gasteiger partial charge in [0.1, 0.15) is 11.4 Å². The van der Waals surface area contributed by atoms with E-state index in [0.29, 0.717) is 0 Å². The fraction of sp³-hybridized carbons (Fsp3) is 0.154. The number of methoxy groups -OCH3 is 1. The van der Waals surface area contributed by atoms with E-state index in [1.165, 1.54) is 13.2 Å². The van der Waals surface area contributed by atoms with Gasteiger partial charge in [-0.3, -0.25) is 0 Å². The molecule has 6 nitrogen and oxygen atoms in total. The topological polar surface area (TPSA) is 81.5 Å². The Morgan fingerprint density at radius 3 is 2.43 bits per heavy atom.